The largest absolute Gasteiger partial charge is 0.289 e. The van der Waals surface area contributed by atoms with E-state index in [1.165, 1.54) is 11.1 Å². The molecule has 2 aromatic rings. The van der Waals surface area contributed by atoms with Crippen LogP contribution in [0.1, 0.15) is 123 Å². The molecule has 2 heteroatoms. The Hall–Kier alpha value is -3.13. The van der Waals surface area contributed by atoms with Gasteiger partial charge in [-0.1, -0.05) is 113 Å². The molecule has 0 heterocycles. The third-order valence-corrected chi connectivity index (χ3v) is 7.89. The zero-order valence-electron chi connectivity index (χ0n) is 28.0. The first-order valence-electron chi connectivity index (χ1n) is 14.9. The summed E-state index contributed by atoms with van der Waals surface area (Å²) in [6.45, 7) is 29.5. The van der Waals surface area contributed by atoms with E-state index >= 15 is 0 Å². The van der Waals surface area contributed by atoms with Crippen LogP contribution in [0.25, 0.3) is 11.6 Å². The first-order valence-corrected chi connectivity index (χ1v) is 14.9. The van der Waals surface area contributed by atoms with Crippen molar-refractivity contribution in [2.24, 2.45) is 10.8 Å². The van der Waals surface area contributed by atoms with E-state index in [1.54, 1.807) is 0 Å². The van der Waals surface area contributed by atoms with Gasteiger partial charge in [-0.05, 0) is 93.2 Å². The van der Waals surface area contributed by atoms with Crippen molar-refractivity contribution in [3.8, 4) is 5.75 Å². The van der Waals surface area contributed by atoms with Gasteiger partial charge < -0.3 is 0 Å². The molecule has 0 bridgehead atoms. The monoisotopic (exact) mass is 551 g/mol. The van der Waals surface area contributed by atoms with Crippen LogP contribution in [0.4, 0.5) is 0 Å². The molecule has 0 spiro atoms. The zero-order valence-corrected chi connectivity index (χ0v) is 28.0. The molecular formula is C39H51O2. The summed E-state index contributed by atoms with van der Waals surface area (Å²) >= 11 is 0. The highest BCUT2D eigenvalue weighted by Gasteiger charge is 2.35. The first kappa shape index (κ1) is 32.4. The van der Waals surface area contributed by atoms with Crippen molar-refractivity contribution in [3.63, 3.8) is 0 Å². The molecule has 0 atom stereocenters. The lowest BCUT2D eigenvalue weighted by molar-refractivity contribution is -0.114. The van der Waals surface area contributed by atoms with Gasteiger partial charge in [-0.15, -0.1) is 0 Å². The van der Waals surface area contributed by atoms with Gasteiger partial charge >= 0.3 is 0 Å². The number of carbonyl (C=O) groups excluding carboxylic acids is 1. The molecule has 0 aromatic heterocycles. The molecule has 0 amide bonds. The van der Waals surface area contributed by atoms with E-state index in [2.05, 4.69) is 145 Å². The third-order valence-electron chi connectivity index (χ3n) is 7.89. The zero-order chi connectivity index (χ0) is 31.3. The molecule has 2 nitrogen and oxygen atoms in total. The van der Waals surface area contributed by atoms with Crippen LogP contribution in [0.15, 0.2) is 65.3 Å². The summed E-state index contributed by atoms with van der Waals surface area (Å²) in [6, 6.07) is 10.8. The van der Waals surface area contributed by atoms with Gasteiger partial charge in [0.15, 0.2) is 11.5 Å². The third kappa shape index (κ3) is 6.85. The molecule has 219 valence electrons. The molecule has 1 aliphatic carbocycles. The minimum absolute atomic E-state index is 0.119. The summed E-state index contributed by atoms with van der Waals surface area (Å²) < 4.78 is 0. The van der Waals surface area contributed by atoms with Crippen LogP contribution < -0.4 is 0 Å². The van der Waals surface area contributed by atoms with Crippen molar-refractivity contribution >= 4 is 17.4 Å². The minimum Gasteiger partial charge on any atom is -0.289 e. The van der Waals surface area contributed by atoms with Crippen LogP contribution in [0.2, 0.25) is 0 Å². The molecule has 1 radical (unpaired) electrons. The van der Waals surface area contributed by atoms with E-state index in [9.17, 15) is 9.90 Å². The number of hydrogen-bond donors (Lipinski definition) is 0. The maximum absolute atomic E-state index is 13.8. The quantitative estimate of drug-likeness (QED) is 0.374. The fourth-order valence-electron chi connectivity index (χ4n) is 5.47. The van der Waals surface area contributed by atoms with Gasteiger partial charge in [-0.3, -0.25) is 9.90 Å². The number of allylic oxidation sites excluding steroid dienone is 6. The van der Waals surface area contributed by atoms with Crippen LogP contribution >= 0.6 is 0 Å². The number of carbonyl (C=O) groups is 1. The van der Waals surface area contributed by atoms with E-state index in [4.69, 9.17) is 0 Å². The van der Waals surface area contributed by atoms with Gasteiger partial charge in [0.25, 0.3) is 0 Å². The number of ketones is 1. The topological polar surface area (TPSA) is 37.0 Å². The fourth-order valence-corrected chi connectivity index (χ4v) is 5.47. The molecule has 0 aliphatic heterocycles. The highest BCUT2D eigenvalue weighted by Crippen LogP contribution is 2.45. The standard InChI is InChI=1S/C39H51O2/c1-15-16-25-17-18-26(19-24(25)2)33(27-20-29(36(3,4)5)34(40)30(21-27)37(6,7)8)28-22-31(38(9,10)11)35(41)32(23-28)39(12,13)14/h15-23H,1-14H3/b16-15+. The molecule has 0 fully saturated rings. The molecule has 0 unspecified atom stereocenters. The summed E-state index contributed by atoms with van der Waals surface area (Å²) in [7, 11) is 0. The smallest absolute Gasteiger partial charge is 0.186 e. The van der Waals surface area contributed by atoms with E-state index in [0.29, 0.717) is 0 Å². The molecule has 1 aliphatic rings. The van der Waals surface area contributed by atoms with Gasteiger partial charge in [0, 0.05) is 22.3 Å². The maximum Gasteiger partial charge on any atom is 0.186 e. The number of Topliss-reactive ketones (excluding diaryl/α,β-unsaturated/α-hetero) is 1. The van der Waals surface area contributed by atoms with Gasteiger partial charge in [-0.2, -0.15) is 0 Å². The lowest BCUT2D eigenvalue weighted by Gasteiger charge is -2.32. The number of benzene rings is 2. The summed E-state index contributed by atoms with van der Waals surface area (Å²) in [6.07, 6.45) is 8.38. The van der Waals surface area contributed by atoms with Crippen LogP contribution in [0, 0.1) is 17.8 Å². The van der Waals surface area contributed by atoms with Gasteiger partial charge in [-0.25, -0.2) is 0 Å². The number of rotatable bonds is 3. The Labute approximate surface area is 250 Å². The second-order valence-electron chi connectivity index (χ2n) is 15.7. The molecular weight excluding hydrogens is 500 g/mol. The van der Waals surface area contributed by atoms with Crippen molar-refractivity contribution in [2.45, 2.75) is 108 Å². The molecule has 41 heavy (non-hydrogen) atoms. The van der Waals surface area contributed by atoms with Crippen molar-refractivity contribution in [2.75, 3.05) is 0 Å². The van der Waals surface area contributed by atoms with Crippen molar-refractivity contribution < 1.29 is 9.90 Å². The lowest BCUT2D eigenvalue weighted by atomic mass is 9.70. The number of hydrogen-bond acceptors (Lipinski definition) is 1. The minimum atomic E-state index is -0.323. The van der Waals surface area contributed by atoms with Gasteiger partial charge in [0.1, 0.15) is 0 Å². The van der Waals surface area contributed by atoms with Crippen LogP contribution in [-0.4, -0.2) is 5.78 Å². The average Bonchev–Trinajstić information content (AvgIpc) is 2.79. The van der Waals surface area contributed by atoms with Crippen LogP contribution in [-0.2, 0) is 20.7 Å². The Balaban J connectivity index is 2.62. The van der Waals surface area contributed by atoms with E-state index in [0.717, 1.165) is 44.5 Å². The maximum atomic E-state index is 13.8. The normalized spacial score (nSPS) is 15.4. The summed E-state index contributed by atoms with van der Waals surface area (Å²) in [4.78, 5) is 13.8. The van der Waals surface area contributed by atoms with Crippen LogP contribution in [0.3, 0.4) is 0 Å². The highest BCUT2D eigenvalue weighted by atomic mass is 16.3. The molecule has 2 aromatic carbocycles. The SMILES string of the molecule is C/C=C/c1ccc(C(=C2C=C(C(C)(C)C)C(=O)C(C(C)(C)C)=C2)c2cc(C(C)(C)C)c([O])c(C(C)(C)C)c2)cc1C. The number of aryl methyl sites for hydroxylation is 1. The van der Waals surface area contributed by atoms with Gasteiger partial charge in [0.05, 0.1) is 0 Å². The second kappa shape index (κ2) is 10.9. The van der Waals surface area contributed by atoms with Gasteiger partial charge in [0.2, 0.25) is 0 Å². The lowest BCUT2D eigenvalue weighted by Crippen LogP contribution is -2.28. The molecule has 0 saturated heterocycles. The first-order chi connectivity index (χ1) is 18.6. The molecule has 0 saturated carbocycles. The fraction of sp³-hybridized carbons (Fsp3) is 0.462. The van der Waals surface area contributed by atoms with Crippen molar-refractivity contribution in [1.29, 1.82) is 0 Å². The Bertz CT molecular complexity index is 1400. The van der Waals surface area contributed by atoms with Crippen molar-refractivity contribution in [3.05, 3.63) is 98.7 Å². The van der Waals surface area contributed by atoms with Crippen LogP contribution in [0.5, 0.6) is 5.75 Å². The Morgan fingerprint density at radius 3 is 1.49 bits per heavy atom. The molecule has 3 rings (SSSR count). The Kier molecular flexibility index (Phi) is 8.64. The predicted molar refractivity (Wildman–Crippen MR) is 176 cm³/mol. The summed E-state index contributed by atoms with van der Waals surface area (Å²) in [5.41, 5.74) is 8.46. The summed E-state index contributed by atoms with van der Waals surface area (Å²) in [5.74, 6) is 0.238. The van der Waals surface area contributed by atoms with E-state index in [1.807, 2.05) is 6.92 Å². The van der Waals surface area contributed by atoms with E-state index < -0.39 is 0 Å². The predicted octanol–water partition coefficient (Wildman–Crippen LogP) is 11.1. The second-order valence-corrected chi connectivity index (χ2v) is 15.7. The molecule has 0 N–H and O–H groups in total. The van der Waals surface area contributed by atoms with Crippen molar-refractivity contribution in [1.82, 2.24) is 0 Å². The average molecular weight is 552 g/mol. The Morgan fingerprint density at radius 1 is 0.659 bits per heavy atom. The summed E-state index contributed by atoms with van der Waals surface area (Å²) in [5, 5.41) is 13.8. The van der Waals surface area contributed by atoms with E-state index in [-0.39, 0.29) is 33.2 Å². The highest BCUT2D eigenvalue weighted by molar-refractivity contribution is 6.12. The Morgan fingerprint density at radius 2 is 1.12 bits per heavy atom.